The van der Waals surface area contributed by atoms with Gasteiger partial charge < -0.3 is 5.32 Å². The van der Waals surface area contributed by atoms with Gasteiger partial charge in [0.05, 0.1) is 5.69 Å². The number of hydrogen-bond donors (Lipinski definition) is 1. The summed E-state index contributed by atoms with van der Waals surface area (Å²) >= 11 is 0. The average Bonchev–Trinajstić information content (AvgIpc) is 2.83. The molecule has 0 amide bonds. The van der Waals surface area contributed by atoms with Crippen LogP contribution in [0.3, 0.4) is 0 Å². The van der Waals surface area contributed by atoms with Crippen molar-refractivity contribution in [1.29, 1.82) is 0 Å². The van der Waals surface area contributed by atoms with Crippen molar-refractivity contribution in [2.75, 3.05) is 0 Å². The fraction of sp³-hybridized carbons (Fsp3) is 0.647. The fourth-order valence-electron chi connectivity index (χ4n) is 3.47. The standard InChI is InChI=1S/C17H26N4/c1-11-5-7-15(8-6-11)19-13(3)16-10-18-17-9-12(2)20-21(17)14(16)4/h9-11,13,15,19H,5-8H2,1-4H3. The number of fused-ring (bicyclic) bond motifs is 1. The summed E-state index contributed by atoms with van der Waals surface area (Å²) in [4.78, 5) is 4.55. The Balaban J connectivity index is 1.78. The van der Waals surface area contributed by atoms with E-state index < -0.39 is 0 Å². The van der Waals surface area contributed by atoms with E-state index in [0.29, 0.717) is 12.1 Å². The Hall–Kier alpha value is -1.42. The maximum atomic E-state index is 4.55. The number of aryl methyl sites for hydroxylation is 2. The van der Waals surface area contributed by atoms with Crippen molar-refractivity contribution in [3.8, 4) is 0 Å². The Labute approximate surface area is 127 Å². The molecule has 1 atom stereocenters. The normalized spacial score (nSPS) is 24.4. The van der Waals surface area contributed by atoms with E-state index in [9.17, 15) is 0 Å². The van der Waals surface area contributed by atoms with Crippen molar-refractivity contribution in [2.45, 2.75) is 65.5 Å². The molecule has 1 aliphatic rings. The molecule has 1 fully saturated rings. The molecular weight excluding hydrogens is 260 g/mol. The van der Waals surface area contributed by atoms with E-state index in [2.05, 4.69) is 36.2 Å². The molecule has 4 heteroatoms. The first kappa shape index (κ1) is 14.5. The van der Waals surface area contributed by atoms with Crippen LogP contribution in [0.25, 0.3) is 5.65 Å². The van der Waals surface area contributed by atoms with Crippen LogP contribution in [0.5, 0.6) is 0 Å². The number of hydrogen-bond acceptors (Lipinski definition) is 3. The molecule has 114 valence electrons. The maximum Gasteiger partial charge on any atom is 0.155 e. The summed E-state index contributed by atoms with van der Waals surface area (Å²) in [6.07, 6.45) is 7.29. The van der Waals surface area contributed by atoms with Crippen molar-refractivity contribution < 1.29 is 0 Å². The molecule has 1 saturated carbocycles. The van der Waals surface area contributed by atoms with E-state index in [1.807, 2.05) is 23.7 Å². The topological polar surface area (TPSA) is 42.2 Å². The van der Waals surface area contributed by atoms with E-state index in [0.717, 1.165) is 17.3 Å². The van der Waals surface area contributed by atoms with Gasteiger partial charge in [-0.1, -0.05) is 6.92 Å². The first-order chi connectivity index (χ1) is 10.0. The van der Waals surface area contributed by atoms with Crippen LogP contribution >= 0.6 is 0 Å². The summed E-state index contributed by atoms with van der Waals surface area (Å²) in [5.74, 6) is 0.894. The fourth-order valence-corrected chi connectivity index (χ4v) is 3.47. The second kappa shape index (κ2) is 5.76. The minimum atomic E-state index is 0.324. The first-order valence-corrected chi connectivity index (χ1v) is 8.12. The van der Waals surface area contributed by atoms with E-state index in [4.69, 9.17) is 0 Å². The van der Waals surface area contributed by atoms with Crippen LogP contribution in [0.1, 0.15) is 62.5 Å². The Morgan fingerprint density at radius 1 is 1.24 bits per heavy atom. The number of nitrogens with zero attached hydrogens (tertiary/aromatic N) is 3. The molecule has 0 bridgehead atoms. The number of nitrogens with one attached hydrogen (secondary N) is 1. The van der Waals surface area contributed by atoms with Crippen molar-refractivity contribution in [3.05, 3.63) is 29.2 Å². The zero-order valence-corrected chi connectivity index (χ0v) is 13.6. The van der Waals surface area contributed by atoms with Gasteiger partial charge in [0, 0.05) is 35.6 Å². The zero-order valence-electron chi connectivity index (χ0n) is 13.6. The summed E-state index contributed by atoms with van der Waals surface area (Å²) in [5.41, 5.74) is 4.40. The van der Waals surface area contributed by atoms with Crippen molar-refractivity contribution >= 4 is 5.65 Å². The maximum absolute atomic E-state index is 4.55. The van der Waals surface area contributed by atoms with Gasteiger partial charge in [0.1, 0.15) is 0 Å². The molecule has 0 aliphatic heterocycles. The molecule has 0 aromatic carbocycles. The van der Waals surface area contributed by atoms with Crippen molar-refractivity contribution in [1.82, 2.24) is 19.9 Å². The highest BCUT2D eigenvalue weighted by atomic mass is 15.3. The minimum Gasteiger partial charge on any atom is -0.307 e. The third-order valence-electron chi connectivity index (χ3n) is 4.85. The smallest absolute Gasteiger partial charge is 0.155 e. The molecule has 21 heavy (non-hydrogen) atoms. The molecular formula is C17H26N4. The highest BCUT2D eigenvalue weighted by Gasteiger charge is 2.21. The van der Waals surface area contributed by atoms with E-state index >= 15 is 0 Å². The van der Waals surface area contributed by atoms with Gasteiger partial charge in [0.15, 0.2) is 5.65 Å². The predicted octanol–water partition coefficient (Wildman–Crippen LogP) is 3.58. The Morgan fingerprint density at radius 3 is 2.67 bits per heavy atom. The van der Waals surface area contributed by atoms with Gasteiger partial charge in [0.25, 0.3) is 0 Å². The molecule has 1 unspecified atom stereocenters. The lowest BCUT2D eigenvalue weighted by atomic mass is 9.87. The Morgan fingerprint density at radius 2 is 1.95 bits per heavy atom. The van der Waals surface area contributed by atoms with Gasteiger partial charge in [-0.05, 0) is 52.4 Å². The van der Waals surface area contributed by atoms with Crippen LogP contribution < -0.4 is 5.32 Å². The third kappa shape index (κ3) is 2.95. The molecule has 2 aromatic heterocycles. The van der Waals surface area contributed by atoms with Gasteiger partial charge in [-0.25, -0.2) is 9.50 Å². The second-order valence-electron chi connectivity index (χ2n) is 6.70. The quantitative estimate of drug-likeness (QED) is 0.938. The van der Waals surface area contributed by atoms with Crippen LogP contribution in [-0.4, -0.2) is 20.6 Å². The lowest BCUT2D eigenvalue weighted by molar-refractivity contribution is 0.291. The summed E-state index contributed by atoms with van der Waals surface area (Å²) in [6.45, 7) is 8.75. The van der Waals surface area contributed by atoms with Gasteiger partial charge in [-0.15, -0.1) is 0 Å². The van der Waals surface area contributed by atoms with Crippen LogP contribution in [0.4, 0.5) is 0 Å². The summed E-state index contributed by atoms with van der Waals surface area (Å²) < 4.78 is 1.96. The lowest BCUT2D eigenvalue weighted by Crippen LogP contribution is -2.35. The second-order valence-corrected chi connectivity index (χ2v) is 6.70. The number of rotatable bonds is 3. The molecule has 0 spiro atoms. The SMILES string of the molecule is Cc1cc2ncc(C(C)NC3CCC(C)CC3)c(C)n2n1. The van der Waals surface area contributed by atoms with E-state index in [-0.39, 0.29) is 0 Å². The van der Waals surface area contributed by atoms with Gasteiger partial charge >= 0.3 is 0 Å². The largest absolute Gasteiger partial charge is 0.307 e. The van der Waals surface area contributed by atoms with Crippen LogP contribution in [-0.2, 0) is 0 Å². The Bertz CT molecular complexity index is 623. The van der Waals surface area contributed by atoms with Crippen molar-refractivity contribution in [2.24, 2.45) is 5.92 Å². The zero-order chi connectivity index (χ0) is 15.0. The number of aromatic nitrogens is 3. The molecule has 0 saturated heterocycles. The molecule has 0 radical (unpaired) electrons. The van der Waals surface area contributed by atoms with E-state index in [1.165, 1.54) is 36.9 Å². The molecule has 2 aromatic rings. The highest BCUT2D eigenvalue weighted by Crippen LogP contribution is 2.26. The lowest BCUT2D eigenvalue weighted by Gasteiger charge is -2.30. The molecule has 4 nitrogen and oxygen atoms in total. The van der Waals surface area contributed by atoms with Crippen LogP contribution in [0.15, 0.2) is 12.3 Å². The summed E-state index contributed by atoms with van der Waals surface area (Å²) in [7, 11) is 0. The summed E-state index contributed by atoms with van der Waals surface area (Å²) in [6, 6.07) is 2.99. The minimum absolute atomic E-state index is 0.324. The van der Waals surface area contributed by atoms with Crippen LogP contribution in [0.2, 0.25) is 0 Å². The van der Waals surface area contributed by atoms with Gasteiger partial charge in [-0.3, -0.25) is 0 Å². The molecule has 1 N–H and O–H groups in total. The van der Waals surface area contributed by atoms with Crippen LogP contribution in [0, 0.1) is 19.8 Å². The first-order valence-electron chi connectivity index (χ1n) is 8.12. The van der Waals surface area contributed by atoms with Crippen molar-refractivity contribution in [3.63, 3.8) is 0 Å². The molecule has 3 rings (SSSR count). The predicted molar refractivity (Wildman–Crippen MR) is 85.4 cm³/mol. The average molecular weight is 286 g/mol. The monoisotopic (exact) mass is 286 g/mol. The molecule has 2 heterocycles. The third-order valence-corrected chi connectivity index (χ3v) is 4.85. The summed E-state index contributed by atoms with van der Waals surface area (Å²) in [5, 5.41) is 8.33. The van der Waals surface area contributed by atoms with Gasteiger partial charge in [-0.2, -0.15) is 5.10 Å². The Kier molecular flexibility index (Phi) is 3.98. The van der Waals surface area contributed by atoms with E-state index in [1.54, 1.807) is 0 Å². The molecule has 1 aliphatic carbocycles. The highest BCUT2D eigenvalue weighted by molar-refractivity contribution is 5.42. The van der Waals surface area contributed by atoms with Gasteiger partial charge in [0.2, 0.25) is 0 Å².